The minimum Gasteiger partial charge on any atom is -0.489 e. The summed E-state index contributed by atoms with van der Waals surface area (Å²) in [5.41, 5.74) is -0.0879. The fourth-order valence-corrected chi connectivity index (χ4v) is 2.79. The van der Waals surface area contributed by atoms with Crippen LogP contribution in [0.4, 0.5) is 13.2 Å². The van der Waals surface area contributed by atoms with E-state index in [9.17, 15) is 13.2 Å². The van der Waals surface area contributed by atoms with Crippen LogP contribution in [0, 0.1) is 0 Å². The maximum Gasteiger partial charge on any atom is 0.495 e. The van der Waals surface area contributed by atoms with E-state index < -0.39 is 30.1 Å². The van der Waals surface area contributed by atoms with Crippen molar-refractivity contribution in [3.8, 4) is 5.75 Å². The predicted molar refractivity (Wildman–Crippen MR) is 97.9 cm³/mol. The second-order valence-corrected chi connectivity index (χ2v) is 7.60. The van der Waals surface area contributed by atoms with Gasteiger partial charge in [0.15, 0.2) is 0 Å². The van der Waals surface area contributed by atoms with Crippen LogP contribution in [0.15, 0.2) is 48.5 Å². The van der Waals surface area contributed by atoms with E-state index in [1.165, 1.54) is 12.1 Å². The van der Waals surface area contributed by atoms with Crippen LogP contribution in [-0.2, 0) is 22.1 Å². The predicted octanol–water partition coefficient (Wildman–Crippen LogP) is 4.58. The van der Waals surface area contributed by atoms with E-state index in [0.717, 1.165) is 23.2 Å². The van der Waals surface area contributed by atoms with Crippen LogP contribution in [0.2, 0.25) is 0 Å². The van der Waals surface area contributed by atoms with E-state index in [0.29, 0.717) is 0 Å². The largest absolute Gasteiger partial charge is 0.495 e. The molecule has 1 saturated heterocycles. The number of benzene rings is 2. The first-order chi connectivity index (χ1) is 12.5. The zero-order valence-electron chi connectivity index (χ0n) is 15.8. The normalized spacial score (nSPS) is 18.6. The molecule has 7 heteroatoms. The van der Waals surface area contributed by atoms with Crippen molar-refractivity contribution in [2.24, 2.45) is 0 Å². The maximum atomic E-state index is 12.9. The summed E-state index contributed by atoms with van der Waals surface area (Å²) in [6, 6.07) is 12.3. The highest BCUT2D eigenvalue weighted by Crippen LogP contribution is 2.37. The molecule has 2 aromatic rings. The Kier molecular flexibility index (Phi) is 5.03. The van der Waals surface area contributed by atoms with Gasteiger partial charge in [-0.1, -0.05) is 30.3 Å². The first-order valence-electron chi connectivity index (χ1n) is 8.73. The lowest BCUT2D eigenvalue weighted by molar-refractivity contribution is -0.137. The smallest absolute Gasteiger partial charge is 0.489 e. The number of halogens is 3. The van der Waals surface area contributed by atoms with Crippen molar-refractivity contribution in [3.05, 3.63) is 59.7 Å². The Morgan fingerprint density at radius 1 is 0.926 bits per heavy atom. The van der Waals surface area contributed by atoms with Crippen LogP contribution in [0.1, 0.15) is 38.8 Å². The number of rotatable bonds is 4. The molecule has 0 amide bonds. The summed E-state index contributed by atoms with van der Waals surface area (Å²) >= 11 is 0. The third-order valence-electron chi connectivity index (χ3n) is 5.12. The molecule has 1 aliphatic rings. The average molecular weight is 378 g/mol. The van der Waals surface area contributed by atoms with Crippen molar-refractivity contribution < 1.29 is 27.2 Å². The molecule has 0 aromatic heterocycles. The van der Waals surface area contributed by atoms with Crippen molar-refractivity contribution in [3.63, 3.8) is 0 Å². The van der Waals surface area contributed by atoms with E-state index in [2.05, 4.69) is 0 Å². The van der Waals surface area contributed by atoms with E-state index in [1.807, 2.05) is 52.0 Å². The molecular weight excluding hydrogens is 356 g/mol. The molecule has 0 atom stereocenters. The lowest BCUT2D eigenvalue weighted by Gasteiger charge is -2.32. The van der Waals surface area contributed by atoms with Gasteiger partial charge in [-0.25, -0.2) is 0 Å². The molecule has 1 fully saturated rings. The summed E-state index contributed by atoms with van der Waals surface area (Å²) < 4.78 is 56.4. The van der Waals surface area contributed by atoms with Gasteiger partial charge in [0.05, 0.1) is 16.8 Å². The zero-order chi connectivity index (χ0) is 19.9. The van der Waals surface area contributed by atoms with Crippen LogP contribution in [-0.4, -0.2) is 18.3 Å². The lowest BCUT2D eigenvalue weighted by atomic mass is 9.76. The third-order valence-corrected chi connectivity index (χ3v) is 5.12. The van der Waals surface area contributed by atoms with Gasteiger partial charge < -0.3 is 14.0 Å². The molecule has 3 nitrogen and oxygen atoms in total. The molecule has 0 N–H and O–H groups in total. The van der Waals surface area contributed by atoms with Crippen LogP contribution in [0.5, 0.6) is 5.75 Å². The summed E-state index contributed by atoms with van der Waals surface area (Å²) in [6.07, 6.45) is -4.40. The molecule has 0 aliphatic carbocycles. The van der Waals surface area contributed by atoms with Crippen molar-refractivity contribution >= 4 is 12.6 Å². The molecule has 0 radical (unpaired) electrons. The quantitative estimate of drug-likeness (QED) is 0.729. The molecule has 1 heterocycles. The van der Waals surface area contributed by atoms with E-state index >= 15 is 0 Å². The molecule has 0 saturated carbocycles. The highest BCUT2D eigenvalue weighted by atomic mass is 19.4. The van der Waals surface area contributed by atoms with Crippen LogP contribution < -0.4 is 10.2 Å². The Balaban J connectivity index is 1.78. The first kappa shape index (κ1) is 19.8. The monoisotopic (exact) mass is 378 g/mol. The van der Waals surface area contributed by atoms with Gasteiger partial charge in [-0.15, -0.1) is 0 Å². The third kappa shape index (κ3) is 4.14. The van der Waals surface area contributed by atoms with E-state index in [1.54, 1.807) is 0 Å². The first-order valence-corrected chi connectivity index (χ1v) is 8.73. The number of hydrogen-bond acceptors (Lipinski definition) is 3. The highest BCUT2D eigenvalue weighted by molar-refractivity contribution is 6.62. The van der Waals surface area contributed by atoms with Gasteiger partial charge in [0, 0.05) is 0 Å². The Labute approximate surface area is 157 Å². The molecule has 2 aromatic carbocycles. The second-order valence-electron chi connectivity index (χ2n) is 7.60. The minimum absolute atomic E-state index is 0.113. The Morgan fingerprint density at radius 2 is 1.56 bits per heavy atom. The molecule has 3 rings (SSSR count). The van der Waals surface area contributed by atoms with Crippen molar-refractivity contribution in [2.45, 2.75) is 51.7 Å². The number of hydrogen-bond donors (Lipinski definition) is 0. The van der Waals surface area contributed by atoms with Gasteiger partial charge in [0.2, 0.25) is 0 Å². The van der Waals surface area contributed by atoms with E-state index in [4.69, 9.17) is 14.0 Å². The fourth-order valence-electron chi connectivity index (χ4n) is 2.79. The molecular formula is C20H22BF3O3. The van der Waals surface area contributed by atoms with Gasteiger partial charge >= 0.3 is 13.3 Å². The van der Waals surface area contributed by atoms with Crippen molar-refractivity contribution in [2.75, 3.05) is 0 Å². The van der Waals surface area contributed by atoms with Gasteiger partial charge in [-0.3, -0.25) is 0 Å². The Morgan fingerprint density at radius 3 is 2.19 bits per heavy atom. The molecule has 0 bridgehead atoms. The fraction of sp³-hybridized carbons (Fsp3) is 0.400. The van der Waals surface area contributed by atoms with Gasteiger partial charge in [-0.2, -0.15) is 13.2 Å². The molecule has 27 heavy (non-hydrogen) atoms. The Bertz CT molecular complexity index is 802. The standard InChI is InChI=1S/C20H22BF3O3/c1-18(2)19(3,4)27-21(26-18)17-11-6-5-8-14(17)13-25-16-10-7-9-15(12-16)20(22,23)24/h5-12H,13H2,1-4H3. The summed E-state index contributed by atoms with van der Waals surface area (Å²) in [6.45, 7) is 7.98. The zero-order valence-corrected chi connectivity index (χ0v) is 15.8. The summed E-state index contributed by atoms with van der Waals surface area (Å²) in [5, 5.41) is 0. The van der Waals surface area contributed by atoms with Crippen molar-refractivity contribution in [1.82, 2.24) is 0 Å². The average Bonchev–Trinajstić information content (AvgIpc) is 2.80. The summed E-state index contributed by atoms with van der Waals surface area (Å²) in [4.78, 5) is 0. The van der Waals surface area contributed by atoms with E-state index in [-0.39, 0.29) is 12.4 Å². The molecule has 144 valence electrons. The number of alkyl halides is 3. The van der Waals surface area contributed by atoms with Crippen LogP contribution in [0.25, 0.3) is 0 Å². The van der Waals surface area contributed by atoms with Gasteiger partial charge in [0.1, 0.15) is 12.4 Å². The van der Waals surface area contributed by atoms with Crippen LogP contribution in [0.3, 0.4) is 0 Å². The maximum absolute atomic E-state index is 12.9. The highest BCUT2D eigenvalue weighted by Gasteiger charge is 2.52. The summed E-state index contributed by atoms with van der Waals surface area (Å²) in [7, 11) is -0.559. The van der Waals surface area contributed by atoms with Crippen LogP contribution >= 0.6 is 0 Å². The Hall–Kier alpha value is -1.99. The minimum atomic E-state index is -4.40. The summed E-state index contributed by atoms with van der Waals surface area (Å²) in [5.74, 6) is 0.161. The lowest BCUT2D eigenvalue weighted by Crippen LogP contribution is -2.41. The molecule has 0 unspecified atom stereocenters. The van der Waals surface area contributed by atoms with Gasteiger partial charge in [-0.05, 0) is 56.9 Å². The topological polar surface area (TPSA) is 27.7 Å². The van der Waals surface area contributed by atoms with Gasteiger partial charge in [0.25, 0.3) is 0 Å². The molecule has 0 spiro atoms. The second kappa shape index (κ2) is 6.87. The number of ether oxygens (including phenoxy) is 1. The van der Waals surface area contributed by atoms with Crippen molar-refractivity contribution in [1.29, 1.82) is 0 Å². The SMILES string of the molecule is CC1(C)OB(c2ccccc2COc2cccc(C(F)(F)F)c2)OC1(C)C. The molecule has 1 aliphatic heterocycles.